The average molecular weight is 263 g/mol. The molecule has 0 saturated heterocycles. The molecule has 0 atom stereocenters. The highest BCUT2D eigenvalue weighted by atomic mass is 15.0. The molecule has 0 amide bonds. The van der Waals surface area contributed by atoms with E-state index in [4.69, 9.17) is 0 Å². The maximum atomic E-state index is 4.38. The molecular formula is C17H17N3. The Balaban J connectivity index is 2.09. The predicted molar refractivity (Wildman–Crippen MR) is 83.5 cm³/mol. The number of hydrogen-bond donors (Lipinski definition) is 1. The minimum Gasteiger partial charge on any atom is -0.340 e. The van der Waals surface area contributed by atoms with E-state index in [1.165, 1.54) is 16.7 Å². The van der Waals surface area contributed by atoms with Crippen LogP contribution in [0.3, 0.4) is 0 Å². The van der Waals surface area contributed by atoms with Crippen LogP contribution in [0.4, 0.5) is 11.5 Å². The number of hydrogen-bond acceptors (Lipinski definition) is 3. The molecule has 3 heteroatoms. The second kappa shape index (κ2) is 4.93. The Labute approximate surface area is 118 Å². The van der Waals surface area contributed by atoms with E-state index in [0.29, 0.717) is 0 Å². The molecule has 0 aliphatic carbocycles. The van der Waals surface area contributed by atoms with Gasteiger partial charge in [-0.05, 0) is 61.7 Å². The van der Waals surface area contributed by atoms with Crippen molar-refractivity contribution in [1.82, 2.24) is 9.97 Å². The van der Waals surface area contributed by atoms with Crippen LogP contribution < -0.4 is 5.32 Å². The van der Waals surface area contributed by atoms with Crippen LogP contribution in [0.1, 0.15) is 16.7 Å². The number of aryl methyl sites for hydroxylation is 3. The number of benzene rings is 2. The van der Waals surface area contributed by atoms with E-state index in [-0.39, 0.29) is 0 Å². The first-order chi connectivity index (χ1) is 9.63. The van der Waals surface area contributed by atoms with Gasteiger partial charge in [0.15, 0.2) is 0 Å². The molecule has 0 fully saturated rings. The third-order valence-electron chi connectivity index (χ3n) is 3.53. The molecule has 2 aromatic carbocycles. The molecular weight excluding hydrogens is 246 g/mol. The van der Waals surface area contributed by atoms with E-state index in [1.807, 2.05) is 12.1 Å². The van der Waals surface area contributed by atoms with Gasteiger partial charge in [-0.1, -0.05) is 12.1 Å². The van der Waals surface area contributed by atoms with Crippen LogP contribution in [-0.4, -0.2) is 9.97 Å². The second-order valence-corrected chi connectivity index (χ2v) is 5.17. The van der Waals surface area contributed by atoms with Crippen LogP contribution in [0.2, 0.25) is 0 Å². The average Bonchev–Trinajstić information content (AvgIpc) is 2.41. The molecule has 0 aliphatic heterocycles. The molecule has 0 aliphatic rings. The smallest absolute Gasteiger partial charge is 0.141 e. The van der Waals surface area contributed by atoms with Crippen molar-refractivity contribution >= 4 is 22.4 Å². The number of nitrogens with one attached hydrogen (secondary N) is 1. The Hall–Kier alpha value is -2.42. The summed E-state index contributed by atoms with van der Waals surface area (Å²) in [5, 5.41) is 4.44. The fourth-order valence-electron chi connectivity index (χ4n) is 2.27. The van der Waals surface area contributed by atoms with E-state index in [2.05, 4.69) is 60.3 Å². The molecule has 0 bridgehead atoms. The fourth-order valence-corrected chi connectivity index (χ4v) is 2.27. The minimum absolute atomic E-state index is 0.851. The normalized spacial score (nSPS) is 10.8. The lowest BCUT2D eigenvalue weighted by Gasteiger charge is -2.10. The summed E-state index contributed by atoms with van der Waals surface area (Å²) in [6.07, 6.45) is 1.61. The summed E-state index contributed by atoms with van der Waals surface area (Å²) in [7, 11) is 0. The van der Waals surface area contributed by atoms with Gasteiger partial charge in [0, 0.05) is 11.1 Å². The molecule has 20 heavy (non-hydrogen) atoms. The SMILES string of the molecule is Cc1cccc(Nc2ncnc3cc(C)c(C)cc23)c1. The third-order valence-corrected chi connectivity index (χ3v) is 3.53. The summed E-state index contributed by atoms with van der Waals surface area (Å²) in [4.78, 5) is 8.73. The molecule has 0 unspecified atom stereocenters. The fraction of sp³-hybridized carbons (Fsp3) is 0.176. The van der Waals surface area contributed by atoms with E-state index in [9.17, 15) is 0 Å². The van der Waals surface area contributed by atoms with E-state index >= 15 is 0 Å². The number of aromatic nitrogens is 2. The molecule has 3 aromatic rings. The van der Waals surface area contributed by atoms with Gasteiger partial charge in [-0.15, -0.1) is 0 Å². The highest BCUT2D eigenvalue weighted by Gasteiger charge is 2.06. The molecule has 3 nitrogen and oxygen atoms in total. The van der Waals surface area contributed by atoms with Crippen LogP contribution in [0.15, 0.2) is 42.7 Å². The second-order valence-electron chi connectivity index (χ2n) is 5.17. The maximum Gasteiger partial charge on any atom is 0.141 e. The van der Waals surface area contributed by atoms with Crippen molar-refractivity contribution in [1.29, 1.82) is 0 Å². The number of nitrogens with zero attached hydrogens (tertiary/aromatic N) is 2. The molecule has 1 aromatic heterocycles. The molecule has 100 valence electrons. The largest absolute Gasteiger partial charge is 0.340 e. The van der Waals surface area contributed by atoms with Gasteiger partial charge in [0.2, 0.25) is 0 Å². The quantitative estimate of drug-likeness (QED) is 0.749. The summed E-state index contributed by atoms with van der Waals surface area (Å²) in [6, 6.07) is 12.5. The first-order valence-corrected chi connectivity index (χ1v) is 6.69. The monoisotopic (exact) mass is 263 g/mol. The lowest BCUT2D eigenvalue weighted by molar-refractivity contribution is 1.21. The van der Waals surface area contributed by atoms with Crippen LogP contribution in [0.5, 0.6) is 0 Å². The zero-order chi connectivity index (χ0) is 14.1. The third kappa shape index (κ3) is 2.35. The van der Waals surface area contributed by atoms with Crippen molar-refractivity contribution in [2.45, 2.75) is 20.8 Å². The lowest BCUT2D eigenvalue weighted by Crippen LogP contribution is -1.97. The topological polar surface area (TPSA) is 37.8 Å². The number of fused-ring (bicyclic) bond motifs is 1. The number of rotatable bonds is 2. The van der Waals surface area contributed by atoms with Crippen molar-refractivity contribution in [3.63, 3.8) is 0 Å². The summed E-state index contributed by atoms with van der Waals surface area (Å²) in [5.41, 5.74) is 5.74. The predicted octanol–water partition coefficient (Wildman–Crippen LogP) is 4.30. The van der Waals surface area contributed by atoms with E-state index in [0.717, 1.165) is 22.4 Å². The molecule has 1 heterocycles. The Morgan fingerprint density at radius 1 is 0.900 bits per heavy atom. The molecule has 1 N–H and O–H groups in total. The van der Waals surface area contributed by atoms with Crippen molar-refractivity contribution in [2.75, 3.05) is 5.32 Å². The molecule has 0 spiro atoms. The molecule has 0 radical (unpaired) electrons. The van der Waals surface area contributed by atoms with Crippen molar-refractivity contribution < 1.29 is 0 Å². The van der Waals surface area contributed by atoms with Crippen LogP contribution in [0, 0.1) is 20.8 Å². The summed E-state index contributed by atoms with van der Waals surface area (Å²) < 4.78 is 0. The summed E-state index contributed by atoms with van der Waals surface area (Å²) >= 11 is 0. The highest BCUT2D eigenvalue weighted by molar-refractivity contribution is 5.91. The van der Waals surface area contributed by atoms with Gasteiger partial charge in [-0.3, -0.25) is 0 Å². The van der Waals surface area contributed by atoms with E-state index in [1.54, 1.807) is 6.33 Å². The van der Waals surface area contributed by atoms with Crippen molar-refractivity contribution in [2.24, 2.45) is 0 Å². The van der Waals surface area contributed by atoms with E-state index < -0.39 is 0 Å². The van der Waals surface area contributed by atoms with Gasteiger partial charge in [-0.2, -0.15) is 0 Å². The van der Waals surface area contributed by atoms with Gasteiger partial charge in [0.1, 0.15) is 12.1 Å². The van der Waals surface area contributed by atoms with Gasteiger partial charge in [0.25, 0.3) is 0 Å². The molecule has 0 saturated carbocycles. The zero-order valence-electron chi connectivity index (χ0n) is 11.9. The Morgan fingerprint density at radius 2 is 1.70 bits per heavy atom. The first kappa shape index (κ1) is 12.6. The summed E-state index contributed by atoms with van der Waals surface area (Å²) in [5.74, 6) is 0.851. The van der Waals surface area contributed by atoms with Gasteiger partial charge < -0.3 is 5.32 Å². The van der Waals surface area contributed by atoms with Gasteiger partial charge in [0.05, 0.1) is 5.52 Å². The Kier molecular flexibility index (Phi) is 3.11. The van der Waals surface area contributed by atoms with Gasteiger partial charge >= 0.3 is 0 Å². The Bertz CT molecular complexity index is 778. The zero-order valence-corrected chi connectivity index (χ0v) is 11.9. The van der Waals surface area contributed by atoms with Crippen LogP contribution >= 0.6 is 0 Å². The summed E-state index contributed by atoms with van der Waals surface area (Å²) in [6.45, 7) is 6.29. The standard InChI is InChI=1S/C17H17N3/c1-11-5-4-6-14(7-11)20-17-15-8-12(2)13(3)9-16(15)18-10-19-17/h4-10H,1-3H3,(H,18,19,20). The highest BCUT2D eigenvalue weighted by Crippen LogP contribution is 2.25. The van der Waals surface area contributed by atoms with Crippen LogP contribution in [-0.2, 0) is 0 Å². The van der Waals surface area contributed by atoms with Crippen LogP contribution in [0.25, 0.3) is 10.9 Å². The minimum atomic E-state index is 0.851. The lowest BCUT2D eigenvalue weighted by atomic mass is 10.1. The van der Waals surface area contributed by atoms with Gasteiger partial charge in [-0.25, -0.2) is 9.97 Å². The molecule has 3 rings (SSSR count). The Morgan fingerprint density at radius 3 is 2.50 bits per heavy atom. The van der Waals surface area contributed by atoms with Crippen molar-refractivity contribution in [3.05, 3.63) is 59.4 Å². The first-order valence-electron chi connectivity index (χ1n) is 6.69. The maximum absolute atomic E-state index is 4.38. The number of anilines is 2. The van der Waals surface area contributed by atoms with Crippen molar-refractivity contribution in [3.8, 4) is 0 Å².